The van der Waals surface area contributed by atoms with Gasteiger partial charge in [0.25, 0.3) is 0 Å². The minimum absolute atomic E-state index is 0.487. The Morgan fingerprint density at radius 1 is 1.28 bits per heavy atom. The lowest BCUT2D eigenvalue weighted by Gasteiger charge is -2.11. The molecule has 0 bridgehead atoms. The molecule has 1 heteroatoms. The van der Waals surface area contributed by atoms with E-state index in [-0.39, 0.29) is 0 Å². The van der Waals surface area contributed by atoms with Gasteiger partial charge in [0.1, 0.15) is 11.3 Å². The van der Waals surface area contributed by atoms with Gasteiger partial charge in [0, 0.05) is 11.3 Å². The van der Waals surface area contributed by atoms with Gasteiger partial charge in [-0.2, -0.15) is 0 Å². The predicted molar refractivity (Wildman–Crippen MR) is 77.9 cm³/mol. The normalized spacial score (nSPS) is 12.7. The molecule has 0 saturated heterocycles. The second-order valence-corrected chi connectivity index (χ2v) is 4.90. The van der Waals surface area contributed by atoms with E-state index in [2.05, 4.69) is 31.7 Å². The molecule has 1 aromatic heterocycles. The summed E-state index contributed by atoms with van der Waals surface area (Å²) in [6.07, 6.45) is 8.04. The standard InChI is InChI=1S/C17H22O/c1-3-5-6-10-14(9-4-2)17-13-15-11-7-8-12-16(15)18-17/h4,7-8,11-14H,2-3,5-6,9-10H2,1H3. The van der Waals surface area contributed by atoms with Crippen LogP contribution in [0, 0.1) is 0 Å². The molecule has 0 spiro atoms. The molecule has 96 valence electrons. The zero-order valence-corrected chi connectivity index (χ0v) is 11.2. The Bertz CT molecular complexity index is 462. The number of fused-ring (bicyclic) bond motifs is 1. The fourth-order valence-electron chi connectivity index (χ4n) is 2.42. The van der Waals surface area contributed by atoms with Crippen LogP contribution in [0.5, 0.6) is 0 Å². The van der Waals surface area contributed by atoms with E-state index in [9.17, 15) is 0 Å². The molecule has 0 aliphatic rings. The average molecular weight is 242 g/mol. The molecule has 0 fully saturated rings. The number of rotatable bonds is 7. The minimum atomic E-state index is 0.487. The first-order valence-electron chi connectivity index (χ1n) is 6.94. The molecular formula is C17H22O. The molecule has 0 aliphatic carbocycles. The van der Waals surface area contributed by atoms with Crippen LogP contribution in [-0.4, -0.2) is 0 Å². The highest BCUT2D eigenvalue weighted by atomic mass is 16.3. The van der Waals surface area contributed by atoms with Crippen LogP contribution < -0.4 is 0 Å². The van der Waals surface area contributed by atoms with Gasteiger partial charge in [0.15, 0.2) is 0 Å². The number of hydrogen-bond acceptors (Lipinski definition) is 1. The first kappa shape index (κ1) is 12.9. The summed E-state index contributed by atoms with van der Waals surface area (Å²) in [6, 6.07) is 10.4. The molecule has 0 amide bonds. The van der Waals surface area contributed by atoms with E-state index in [1.165, 1.54) is 31.1 Å². The van der Waals surface area contributed by atoms with Gasteiger partial charge in [0.05, 0.1) is 0 Å². The Labute approximate surface area is 110 Å². The second-order valence-electron chi connectivity index (χ2n) is 4.90. The maximum Gasteiger partial charge on any atom is 0.134 e. The monoisotopic (exact) mass is 242 g/mol. The molecule has 1 nitrogen and oxygen atoms in total. The third-order valence-electron chi connectivity index (χ3n) is 3.45. The Morgan fingerprint density at radius 2 is 2.11 bits per heavy atom. The van der Waals surface area contributed by atoms with E-state index in [1.54, 1.807) is 0 Å². The van der Waals surface area contributed by atoms with Crippen molar-refractivity contribution in [1.29, 1.82) is 0 Å². The van der Waals surface area contributed by atoms with E-state index in [4.69, 9.17) is 4.42 Å². The van der Waals surface area contributed by atoms with Gasteiger partial charge >= 0.3 is 0 Å². The quantitative estimate of drug-likeness (QED) is 0.450. The van der Waals surface area contributed by atoms with E-state index in [1.807, 2.05) is 18.2 Å². The topological polar surface area (TPSA) is 13.1 Å². The van der Waals surface area contributed by atoms with Crippen LogP contribution >= 0.6 is 0 Å². The first-order valence-corrected chi connectivity index (χ1v) is 6.94. The van der Waals surface area contributed by atoms with Gasteiger partial charge in [-0.3, -0.25) is 0 Å². The van der Waals surface area contributed by atoms with Gasteiger partial charge < -0.3 is 4.42 Å². The third-order valence-corrected chi connectivity index (χ3v) is 3.45. The fraction of sp³-hybridized carbons (Fsp3) is 0.412. The average Bonchev–Trinajstić information content (AvgIpc) is 2.81. The summed E-state index contributed by atoms with van der Waals surface area (Å²) < 4.78 is 5.97. The highest BCUT2D eigenvalue weighted by Crippen LogP contribution is 2.31. The zero-order chi connectivity index (χ0) is 12.8. The second kappa shape index (κ2) is 6.44. The summed E-state index contributed by atoms with van der Waals surface area (Å²) in [5, 5.41) is 1.21. The largest absolute Gasteiger partial charge is 0.461 e. The Kier molecular flexibility index (Phi) is 4.63. The van der Waals surface area contributed by atoms with Crippen LogP contribution in [0.3, 0.4) is 0 Å². The van der Waals surface area contributed by atoms with Crippen LogP contribution in [-0.2, 0) is 0 Å². The first-order chi connectivity index (χ1) is 8.85. The van der Waals surface area contributed by atoms with Gasteiger partial charge in [-0.15, -0.1) is 6.58 Å². The van der Waals surface area contributed by atoms with Crippen molar-refractivity contribution in [2.45, 2.75) is 44.9 Å². The molecular weight excluding hydrogens is 220 g/mol. The van der Waals surface area contributed by atoms with Gasteiger partial charge in [-0.05, 0) is 25.0 Å². The smallest absolute Gasteiger partial charge is 0.134 e. The van der Waals surface area contributed by atoms with Crippen molar-refractivity contribution in [3.8, 4) is 0 Å². The molecule has 2 aromatic rings. The van der Waals surface area contributed by atoms with Crippen molar-refractivity contribution < 1.29 is 4.42 Å². The number of hydrogen-bond donors (Lipinski definition) is 0. The Morgan fingerprint density at radius 3 is 2.83 bits per heavy atom. The zero-order valence-electron chi connectivity index (χ0n) is 11.2. The van der Waals surface area contributed by atoms with Crippen LogP contribution in [0.2, 0.25) is 0 Å². The maximum absolute atomic E-state index is 5.97. The fourth-order valence-corrected chi connectivity index (χ4v) is 2.42. The molecule has 1 atom stereocenters. The predicted octanol–water partition coefficient (Wildman–Crippen LogP) is 5.67. The summed E-state index contributed by atoms with van der Waals surface area (Å²) in [5.41, 5.74) is 0.997. The maximum atomic E-state index is 5.97. The summed E-state index contributed by atoms with van der Waals surface area (Å²) >= 11 is 0. The molecule has 0 radical (unpaired) electrons. The summed E-state index contributed by atoms with van der Waals surface area (Å²) in [7, 11) is 0. The molecule has 0 saturated carbocycles. The number of allylic oxidation sites excluding steroid dienone is 1. The lowest BCUT2D eigenvalue weighted by molar-refractivity contribution is 0.457. The third kappa shape index (κ3) is 3.04. The van der Waals surface area contributed by atoms with Crippen molar-refractivity contribution in [2.24, 2.45) is 0 Å². The number of benzene rings is 1. The molecule has 1 unspecified atom stereocenters. The lowest BCUT2D eigenvalue weighted by atomic mass is 9.95. The van der Waals surface area contributed by atoms with E-state index < -0.39 is 0 Å². The number of furan rings is 1. The molecule has 0 aliphatic heterocycles. The van der Waals surface area contributed by atoms with Crippen molar-refractivity contribution >= 4 is 11.0 Å². The number of para-hydroxylation sites is 1. The van der Waals surface area contributed by atoms with Crippen LogP contribution in [0.4, 0.5) is 0 Å². The van der Waals surface area contributed by atoms with Crippen LogP contribution in [0.15, 0.2) is 47.4 Å². The molecule has 2 rings (SSSR count). The Hall–Kier alpha value is -1.50. The highest BCUT2D eigenvalue weighted by Gasteiger charge is 2.14. The molecule has 1 heterocycles. The van der Waals surface area contributed by atoms with Gasteiger partial charge in [-0.1, -0.05) is 50.5 Å². The molecule has 18 heavy (non-hydrogen) atoms. The minimum Gasteiger partial charge on any atom is -0.461 e. The van der Waals surface area contributed by atoms with Crippen LogP contribution in [0.1, 0.15) is 50.7 Å². The van der Waals surface area contributed by atoms with Crippen molar-refractivity contribution in [2.75, 3.05) is 0 Å². The highest BCUT2D eigenvalue weighted by molar-refractivity contribution is 5.77. The van der Waals surface area contributed by atoms with E-state index in [0.29, 0.717) is 5.92 Å². The van der Waals surface area contributed by atoms with Gasteiger partial charge in [0.2, 0.25) is 0 Å². The van der Waals surface area contributed by atoms with Crippen molar-refractivity contribution in [1.82, 2.24) is 0 Å². The SMILES string of the molecule is C=CCC(CCCCC)c1cc2ccccc2o1. The van der Waals surface area contributed by atoms with Crippen molar-refractivity contribution in [3.05, 3.63) is 48.7 Å². The van der Waals surface area contributed by atoms with Gasteiger partial charge in [-0.25, -0.2) is 0 Å². The van der Waals surface area contributed by atoms with Crippen molar-refractivity contribution in [3.63, 3.8) is 0 Å². The van der Waals surface area contributed by atoms with E-state index >= 15 is 0 Å². The molecule has 0 N–H and O–H groups in total. The number of unbranched alkanes of at least 4 members (excludes halogenated alkanes) is 2. The molecule has 1 aromatic carbocycles. The van der Waals surface area contributed by atoms with Crippen LogP contribution in [0.25, 0.3) is 11.0 Å². The van der Waals surface area contributed by atoms with E-state index in [0.717, 1.165) is 17.8 Å². The summed E-state index contributed by atoms with van der Waals surface area (Å²) in [6.45, 7) is 6.11. The summed E-state index contributed by atoms with van der Waals surface area (Å²) in [4.78, 5) is 0. The Balaban J connectivity index is 2.15. The lowest BCUT2D eigenvalue weighted by Crippen LogP contribution is -1.96. The summed E-state index contributed by atoms with van der Waals surface area (Å²) in [5.74, 6) is 1.61.